The van der Waals surface area contributed by atoms with E-state index in [1.54, 1.807) is 4.68 Å². The molecule has 2 aromatic rings. The average Bonchev–Trinajstić information content (AvgIpc) is 2.62. The van der Waals surface area contributed by atoms with Crippen LogP contribution in [0.25, 0.3) is 0 Å². The van der Waals surface area contributed by atoms with E-state index < -0.39 is 0 Å². The number of hydrogen-bond acceptors (Lipinski definition) is 3. The minimum Gasteiger partial charge on any atom is -0.318 e. The van der Waals surface area contributed by atoms with Gasteiger partial charge in [-0.15, -0.1) is 0 Å². The zero-order chi connectivity index (χ0) is 12.6. The highest BCUT2D eigenvalue weighted by Gasteiger charge is 2.18. The average molecular weight is 230 g/mol. The summed E-state index contributed by atoms with van der Waals surface area (Å²) >= 11 is 0. The molecule has 1 atom stereocenters. The Morgan fingerprint density at radius 1 is 1.18 bits per heavy atom. The molecule has 4 nitrogen and oxygen atoms in total. The molecule has 0 aliphatic heterocycles. The van der Waals surface area contributed by atoms with Crippen molar-refractivity contribution in [3.8, 4) is 0 Å². The molecule has 0 aliphatic rings. The lowest BCUT2D eigenvalue weighted by Crippen LogP contribution is -2.19. The molecule has 17 heavy (non-hydrogen) atoms. The van der Waals surface area contributed by atoms with Crippen LogP contribution in [0, 0.1) is 20.8 Å². The van der Waals surface area contributed by atoms with Crippen molar-refractivity contribution in [1.29, 1.82) is 0 Å². The molecule has 2 N–H and O–H groups in total. The Labute approximate surface area is 101 Å². The van der Waals surface area contributed by atoms with Crippen molar-refractivity contribution >= 4 is 0 Å². The number of aromatic nitrogens is 3. The van der Waals surface area contributed by atoms with Crippen molar-refractivity contribution in [1.82, 2.24) is 14.8 Å². The molecule has 4 heteroatoms. The largest absolute Gasteiger partial charge is 0.318 e. The zero-order valence-electron chi connectivity index (χ0n) is 10.7. The Morgan fingerprint density at radius 2 is 1.76 bits per heavy atom. The van der Waals surface area contributed by atoms with E-state index in [0.29, 0.717) is 0 Å². The minimum atomic E-state index is -0.219. The van der Waals surface area contributed by atoms with Gasteiger partial charge in [0.25, 0.3) is 0 Å². The van der Waals surface area contributed by atoms with Crippen LogP contribution in [0.1, 0.15) is 34.1 Å². The molecule has 0 aliphatic carbocycles. The molecule has 0 radical (unpaired) electrons. The van der Waals surface area contributed by atoms with Crippen molar-refractivity contribution in [2.24, 2.45) is 12.8 Å². The molecule has 0 bridgehead atoms. The third-order valence-electron chi connectivity index (χ3n) is 3.07. The van der Waals surface area contributed by atoms with Gasteiger partial charge in [-0.25, -0.2) is 4.98 Å². The first kappa shape index (κ1) is 11.8. The predicted molar refractivity (Wildman–Crippen MR) is 67.7 cm³/mol. The SMILES string of the molecule is Cc1cc(C)c(C(N)c2ncnn2C)c(C)c1. The number of nitrogens with two attached hydrogens (primary N) is 1. The Balaban J connectivity index is 2.51. The molecule has 1 aromatic heterocycles. The van der Waals surface area contributed by atoms with Gasteiger partial charge in [0.15, 0.2) is 0 Å². The van der Waals surface area contributed by atoms with E-state index >= 15 is 0 Å². The van der Waals surface area contributed by atoms with Crippen LogP contribution in [0.15, 0.2) is 18.5 Å². The van der Waals surface area contributed by atoms with Crippen LogP contribution >= 0.6 is 0 Å². The highest BCUT2D eigenvalue weighted by atomic mass is 15.3. The first-order chi connectivity index (χ1) is 8.00. The molecule has 90 valence electrons. The van der Waals surface area contributed by atoms with Gasteiger partial charge in [-0.3, -0.25) is 4.68 Å². The van der Waals surface area contributed by atoms with Gasteiger partial charge in [0.2, 0.25) is 0 Å². The molecule has 0 spiro atoms. The number of nitrogens with zero attached hydrogens (tertiary/aromatic N) is 3. The van der Waals surface area contributed by atoms with Crippen LogP contribution in [0.2, 0.25) is 0 Å². The fourth-order valence-electron chi connectivity index (χ4n) is 2.40. The molecular formula is C13H18N4. The van der Waals surface area contributed by atoms with E-state index in [9.17, 15) is 0 Å². The first-order valence-electron chi connectivity index (χ1n) is 5.68. The van der Waals surface area contributed by atoms with Gasteiger partial charge < -0.3 is 5.73 Å². The molecule has 1 aromatic carbocycles. The summed E-state index contributed by atoms with van der Waals surface area (Å²) < 4.78 is 1.73. The molecule has 1 unspecified atom stereocenters. The second kappa shape index (κ2) is 4.30. The maximum atomic E-state index is 6.29. The highest BCUT2D eigenvalue weighted by Crippen LogP contribution is 2.25. The number of benzene rings is 1. The highest BCUT2D eigenvalue weighted by molar-refractivity contribution is 5.41. The summed E-state index contributed by atoms with van der Waals surface area (Å²) in [5.41, 5.74) is 11.1. The lowest BCUT2D eigenvalue weighted by Gasteiger charge is -2.17. The van der Waals surface area contributed by atoms with Gasteiger partial charge in [0.1, 0.15) is 12.2 Å². The minimum absolute atomic E-state index is 0.219. The smallest absolute Gasteiger partial charge is 0.148 e. The van der Waals surface area contributed by atoms with Crippen LogP contribution in [0.5, 0.6) is 0 Å². The third kappa shape index (κ3) is 2.08. The molecule has 0 fully saturated rings. The van der Waals surface area contributed by atoms with Crippen LogP contribution in [-0.2, 0) is 7.05 Å². The predicted octanol–water partition coefficient (Wildman–Crippen LogP) is 1.79. The van der Waals surface area contributed by atoms with Crippen LogP contribution in [-0.4, -0.2) is 14.8 Å². The van der Waals surface area contributed by atoms with E-state index in [-0.39, 0.29) is 6.04 Å². The topological polar surface area (TPSA) is 56.7 Å². The van der Waals surface area contributed by atoms with Gasteiger partial charge >= 0.3 is 0 Å². The van der Waals surface area contributed by atoms with Crippen molar-refractivity contribution in [3.05, 3.63) is 46.5 Å². The Morgan fingerprint density at radius 3 is 2.24 bits per heavy atom. The fraction of sp³-hybridized carbons (Fsp3) is 0.385. The maximum Gasteiger partial charge on any atom is 0.148 e. The third-order valence-corrected chi connectivity index (χ3v) is 3.07. The van der Waals surface area contributed by atoms with Gasteiger partial charge in [0, 0.05) is 7.05 Å². The van der Waals surface area contributed by atoms with Crippen LogP contribution < -0.4 is 5.73 Å². The second-order valence-corrected chi connectivity index (χ2v) is 4.53. The van der Waals surface area contributed by atoms with Gasteiger partial charge in [-0.05, 0) is 37.5 Å². The summed E-state index contributed by atoms with van der Waals surface area (Å²) in [5, 5.41) is 4.07. The standard InChI is InChI=1S/C13H18N4/c1-8-5-9(2)11(10(3)6-8)12(14)13-15-7-16-17(13)4/h5-7,12H,14H2,1-4H3. The summed E-state index contributed by atoms with van der Waals surface area (Å²) in [5.74, 6) is 0.792. The number of aryl methyl sites for hydroxylation is 4. The van der Waals surface area contributed by atoms with E-state index in [1.165, 1.54) is 23.0 Å². The fourth-order valence-corrected chi connectivity index (χ4v) is 2.40. The van der Waals surface area contributed by atoms with E-state index in [0.717, 1.165) is 11.4 Å². The maximum absolute atomic E-state index is 6.29. The van der Waals surface area contributed by atoms with E-state index in [4.69, 9.17) is 5.73 Å². The van der Waals surface area contributed by atoms with Gasteiger partial charge in [-0.2, -0.15) is 5.10 Å². The van der Waals surface area contributed by atoms with Crippen LogP contribution in [0.3, 0.4) is 0 Å². The van der Waals surface area contributed by atoms with Gasteiger partial charge in [-0.1, -0.05) is 17.7 Å². The first-order valence-corrected chi connectivity index (χ1v) is 5.68. The molecule has 2 rings (SSSR count). The summed E-state index contributed by atoms with van der Waals surface area (Å²) in [6.07, 6.45) is 1.54. The lowest BCUT2D eigenvalue weighted by atomic mass is 9.94. The second-order valence-electron chi connectivity index (χ2n) is 4.53. The monoisotopic (exact) mass is 230 g/mol. The molecule has 0 amide bonds. The molecular weight excluding hydrogens is 212 g/mol. The Kier molecular flexibility index (Phi) is 2.98. The number of rotatable bonds is 2. The summed E-state index contributed by atoms with van der Waals surface area (Å²) in [6.45, 7) is 6.27. The van der Waals surface area contributed by atoms with Crippen molar-refractivity contribution in [3.63, 3.8) is 0 Å². The summed E-state index contributed by atoms with van der Waals surface area (Å²) in [7, 11) is 1.86. The summed E-state index contributed by atoms with van der Waals surface area (Å²) in [6, 6.07) is 4.08. The van der Waals surface area contributed by atoms with E-state index in [1.807, 2.05) is 7.05 Å². The lowest BCUT2D eigenvalue weighted by molar-refractivity contribution is 0.655. The normalized spacial score (nSPS) is 12.8. The van der Waals surface area contributed by atoms with Crippen molar-refractivity contribution in [2.45, 2.75) is 26.8 Å². The van der Waals surface area contributed by atoms with Crippen LogP contribution in [0.4, 0.5) is 0 Å². The number of hydrogen-bond donors (Lipinski definition) is 1. The molecule has 1 heterocycles. The quantitative estimate of drug-likeness (QED) is 0.855. The Bertz CT molecular complexity index is 519. The summed E-state index contributed by atoms with van der Waals surface area (Å²) in [4.78, 5) is 4.22. The Hall–Kier alpha value is -1.68. The van der Waals surface area contributed by atoms with E-state index in [2.05, 4.69) is 43.0 Å². The zero-order valence-corrected chi connectivity index (χ0v) is 10.7. The molecule has 0 saturated carbocycles. The molecule has 0 saturated heterocycles. The van der Waals surface area contributed by atoms with Crippen molar-refractivity contribution < 1.29 is 0 Å². The van der Waals surface area contributed by atoms with Crippen molar-refractivity contribution in [2.75, 3.05) is 0 Å². The van der Waals surface area contributed by atoms with Gasteiger partial charge in [0.05, 0.1) is 6.04 Å².